The number of halogens is 2. The Morgan fingerprint density at radius 1 is 0.605 bits per heavy atom. The number of hydrogen-bond donors (Lipinski definition) is 0. The van der Waals surface area contributed by atoms with Crippen LogP contribution in [0.25, 0.3) is 5.69 Å². The molecular weight excluding hydrogens is 666 g/mol. The molecular formula is C36H44Cl2N4Pd. The van der Waals surface area contributed by atoms with E-state index in [-0.39, 0.29) is 15.9 Å². The second-order valence-electron chi connectivity index (χ2n) is 11.7. The van der Waals surface area contributed by atoms with Crippen LogP contribution in [0.4, 0.5) is 11.4 Å². The Kier molecular flexibility index (Phi) is 13.9. The molecule has 2 radical (unpaired) electrons. The first-order valence-corrected chi connectivity index (χ1v) is 18.7. The van der Waals surface area contributed by atoms with Gasteiger partial charge in [-0.2, -0.15) is 0 Å². The molecule has 0 amide bonds. The summed E-state index contributed by atoms with van der Waals surface area (Å²) >= 11 is -0.106. The van der Waals surface area contributed by atoms with Gasteiger partial charge < -0.3 is 14.4 Å². The molecule has 4 aromatic rings. The largest absolute Gasteiger partial charge is 0.306 e. The summed E-state index contributed by atoms with van der Waals surface area (Å²) in [4.78, 5) is 8.36. The standard InChI is InChI=1S/C27H36N2.C9H8N2.2ClH.Pd/c1-18(2)22-11-9-12-23(19(3)4)26(22)28-15-16-29(17-28)27-24(20(5)6)13-10-14-25(27)21(7)8;1-2-4-9(5-3-1)11-7-6-10-8-11;;;/h9-16,18-21H,1-8H3;1-8H;2*1H;/q;;;;+2/p-2. The van der Waals surface area contributed by atoms with E-state index in [0.717, 1.165) is 5.69 Å². The zero-order valence-corrected chi connectivity index (χ0v) is 29.5. The van der Waals surface area contributed by atoms with Crippen molar-refractivity contribution < 1.29 is 15.9 Å². The maximum absolute atomic E-state index is 4.81. The number of hydrogen-bond acceptors (Lipinski definition) is 3. The van der Waals surface area contributed by atoms with Crippen molar-refractivity contribution in [1.29, 1.82) is 0 Å². The van der Waals surface area contributed by atoms with Gasteiger partial charge in [0.25, 0.3) is 0 Å². The van der Waals surface area contributed by atoms with Crippen molar-refractivity contribution in [1.82, 2.24) is 9.55 Å². The minimum Gasteiger partial charge on any atom is -0.306 e. The number of rotatable bonds is 7. The van der Waals surface area contributed by atoms with Gasteiger partial charge in [-0.25, -0.2) is 4.98 Å². The van der Waals surface area contributed by atoms with Gasteiger partial charge in [0.1, 0.15) is 0 Å². The van der Waals surface area contributed by atoms with E-state index in [1.807, 2.05) is 41.1 Å². The molecule has 1 aliphatic heterocycles. The van der Waals surface area contributed by atoms with Gasteiger partial charge in [-0.15, -0.1) is 0 Å². The van der Waals surface area contributed by atoms with Crippen LogP contribution >= 0.6 is 19.1 Å². The van der Waals surface area contributed by atoms with E-state index < -0.39 is 0 Å². The molecule has 0 fully saturated rings. The fourth-order valence-corrected chi connectivity index (χ4v) is 5.16. The minimum absolute atomic E-state index is 0.106. The molecule has 0 saturated heterocycles. The van der Waals surface area contributed by atoms with Crippen molar-refractivity contribution in [2.24, 2.45) is 0 Å². The fraction of sp³-hybridized carbons (Fsp3) is 0.333. The van der Waals surface area contributed by atoms with E-state index in [2.05, 4.69) is 126 Å². The summed E-state index contributed by atoms with van der Waals surface area (Å²) in [6.45, 7) is 21.8. The summed E-state index contributed by atoms with van der Waals surface area (Å²) in [6, 6.07) is 23.5. The van der Waals surface area contributed by atoms with E-state index in [4.69, 9.17) is 19.1 Å². The van der Waals surface area contributed by atoms with Crippen LogP contribution in [0.2, 0.25) is 0 Å². The molecule has 1 aromatic heterocycles. The predicted molar refractivity (Wildman–Crippen MR) is 182 cm³/mol. The zero-order chi connectivity index (χ0) is 31.5. The van der Waals surface area contributed by atoms with Gasteiger partial charge in [0.05, 0.1) is 17.7 Å². The summed E-state index contributed by atoms with van der Waals surface area (Å²) in [5.74, 6) is 1.84. The third-order valence-electron chi connectivity index (χ3n) is 7.31. The molecule has 0 aliphatic carbocycles. The minimum atomic E-state index is -0.106. The quantitative estimate of drug-likeness (QED) is 0.179. The van der Waals surface area contributed by atoms with E-state index in [0.29, 0.717) is 23.7 Å². The molecule has 5 rings (SSSR count). The number of anilines is 2. The van der Waals surface area contributed by atoms with Gasteiger partial charge in [0.15, 0.2) is 0 Å². The van der Waals surface area contributed by atoms with Gasteiger partial charge in [0, 0.05) is 30.5 Å². The number of nitrogens with zero attached hydrogens (tertiary/aromatic N) is 4. The number of para-hydroxylation sites is 3. The number of benzene rings is 3. The first-order valence-electron chi connectivity index (χ1n) is 14.7. The Morgan fingerprint density at radius 2 is 1.00 bits per heavy atom. The maximum atomic E-state index is 4.81. The third kappa shape index (κ3) is 9.22. The van der Waals surface area contributed by atoms with Gasteiger partial charge in [-0.1, -0.05) is 110 Å². The molecule has 0 atom stereocenters. The van der Waals surface area contributed by atoms with Crippen molar-refractivity contribution in [2.75, 3.05) is 9.80 Å². The molecule has 0 spiro atoms. The number of aromatic nitrogens is 2. The molecule has 0 N–H and O–H groups in total. The Hall–Kier alpha value is -2.55. The van der Waals surface area contributed by atoms with E-state index in [1.54, 1.807) is 12.5 Å². The second-order valence-corrected chi connectivity index (χ2v) is 14.0. The van der Waals surface area contributed by atoms with E-state index >= 15 is 0 Å². The average molecular weight is 710 g/mol. The van der Waals surface area contributed by atoms with Crippen LogP contribution in [0.15, 0.2) is 97.9 Å². The maximum Gasteiger partial charge on any atom is 0.0991 e. The van der Waals surface area contributed by atoms with Crippen molar-refractivity contribution >= 4 is 30.4 Å². The summed E-state index contributed by atoms with van der Waals surface area (Å²) in [7, 11) is 9.63. The first-order chi connectivity index (χ1) is 20.6. The molecule has 1 aliphatic rings. The van der Waals surface area contributed by atoms with Crippen LogP contribution in [0, 0.1) is 6.67 Å². The monoisotopic (exact) mass is 708 g/mol. The molecule has 0 bridgehead atoms. The predicted octanol–water partition coefficient (Wildman–Crippen LogP) is 11.2. The average Bonchev–Trinajstić information content (AvgIpc) is 3.71. The van der Waals surface area contributed by atoms with Crippen LogP contribution < -0.4 is 9.80 Å². The SMILES string of the molecule is CC(C)c1cccc(C(C)C)c1N1[C]N(c2c(C(C)C)cccc2C(C)C)C=C1.[Cl][Pd][Cl].c1ccc(-n2ccnc2)cc1. The summed E-state index contributed by atoms with van der Waals surface area (Å²) in [5, 5.41) is 0. The topological polar surface area (TPSA) is 24.3 Å². The molecule has 3 aromatic carbocycles. The first kappa shape index (κ1) is 34.9. The van der Waals surface area contributed by atoms with Crippen LogP contribution in [0.3, 0.4) is 0 Å². The molecule has 2 heterocycles. The molecule has 0 saturated carbocycles. The smallest absolute Gasteiger partial charge is 0.0991 e. The number of imidazole rings is 1. The zero-order valence-electron chi connectivity index (χ0n) is 26.4. The Morgan fingerprint density at radius 3 is 1.33 bits per heavy atom. The molecule has 7 heteroatoms. The summed E-state index contributed by atoms with van der Waals surface area (Å²) in [5.41, 5.74) is 9.19. The Balaban J connectivity index is 0.000000297. The van der Waals surface area contributed by atoms with Crippen LogP contribution in [0.5, 0.6) is 0 Å². The van der Waals surface area contributed by atoms with Crippen LogP contribution in [-0.2, 0) is 15.9 Å². The molecule has 4 nitrogen and oxygen atoms in total. The van der Waals surface area contributed by atoms with Crippen LogP contribution in [0.1, 0.15) is 101 Å². The Labute approximate surface area is 275 Å². The third-order valence-corrected chi connectivity index (χ3v) is 7.31. The van der Waals surface area contributed by atoms with E-state index in [9.17, 15) is 0 Å². The van der Waals surface area contributed by atoms with Crippen molar-refractivity contribution in [3.8, 4) is 5.69 Å². The molecule has 232 valence electrons. The van der Waals surface area contributed by atoms with Crippen molar-refractivity contribution in [2.45, 2.75) is 79.1 Å². The fourth-order valence-electron chi connectivity index (χ4n) is 5.16. The normalized spacial score (nSPS) is 12.7. The second kappa shape index (κ2) is 17.1. The van der Waals surface area contributed by atoms with Gasteiger partial charge in [0.2, 0.25) is 6.67 Å². The molecule has 43 heavy (non-hydrogen) atoms. The van der Waals surface area contributed by atoms with Gasteiger partial charge in [-0.05, 0) is 58.1 Å². The van der Waals surface area contributed by atoms with Crippen molar-refractivity contribution in [3.63, 3.8) is 0 Å². The van der Waals surface area contributed by atoms with Crippen molar-refractivity contribution in [3.05, 3.63) is 127 Å². The van der Waals surface area contributed by atoms with Crippen LogP contribution in [-0.4, -0.2) is 9.55 Å². The summed E-state index contributed by atoms with van der Waals surface area (Å²) in [6.07, 6.45) is 9.81. The Bertz CT molecular complexity index is 1290. The summed E-state index contributed by atoms with van der Waals surface area (Å²) < 4.78 is 1.97. The van der Waals surface area contributed by atoms with E-state index in [1.165, 1.54) is 33.6 Å². The molecule has 0 unspecified atom stereocenters. The van der Waals surface area contributed by atoms with Gasteiger partial charge in [-0.3, -0.25) is 0 Å². The van der Waals surface area contributed by atoms with Gasteiger partial charge >= 0.3 is 35.0 Å².